The minimum Gasteiger partial charge on any atom is -0.375 e. The highest BCUT2D eigenvalue weighted by Gasteiger charge is 2.25. The first-order chi connectivity index (χ1) is 8.52. The van der Waals surface area contributed by atoms with Crippen molar-refractivity contribution in [2.45, 2.75) is 71.2 Å². The van der Waals surface area contributed by atoms with Crippen LogP contribution in [0.2, 0.25) is 0 Å². The summed E-state index contributed by atoms with van der Waals surface area (Å²) in [6.07, 6.45) is 4.19. The molecule has 1 saturated heterocycles. The Bertz CT molecular complexity index is 366. The molecule has 2 heterocycles. The third kappa shape index (κ3) is 4.08. The van der Waals surface area contributed by atoms with Gasteiger partial charge in [0.25, 0.3) is 0 Å². The maximum Gasteiger partial charge on any atom is 0.0565 e. The normalized spacial score (nSPS) is 30.3. The average molecular weight is 267 g/mol. The molecule has 0 aromatic carbocycles. The maximum absolute atomic E-state index is 5.78. The number of hydrogen-bond donors (Lipinski definition) is 1. The number of thiophene rings is 1. The van der Waals surface area contributed by atoms with E-state index in [4.69, 9.17) is 4.74 Å². The van der Waals surface area contributed by atoms with Crippen LogP contribution in [0.3, 0.4) is 0 Å². The summed E-state index contributed by atoms with van der Waals surface area (Å²) >= 11 is 1.91. The Morgan fingerprint density at radius 1 is 1.33 bits per heavy atom. The van der Waals surface area contributed by atoms with E-state index in [1.165, 1.54) is 9.75 Å². The van der Waals surface area contributed by atoms with Gasteiger partial charge in [-0.05, 0) is 59.1 Å². The van der Waals surface area contributed by atoms with Gasteiger partial charge in [-0.1, -0.05) is 0 Å². The van der Waals surface area contributed by atoms with Crippen molar-refractivity contribution in [2.75, 3.05) is 0 Å². The predicted octanol–water partition coefficient (Wildman–Crippen LogP) is 3.53. The summed E-state index contributed by atoms with van der Waals surface area (Å²) in [5, 5.41) is 3.76. The van der Waals surface area contributed by atoms with Gasteiger partial charge in [0.15, 0.2) is 0 Å². The standard InChI is InChI=1S/C15H25NOS/c1-10(7-15-6-5-13(4)18-15)16-14-8-11(2)17-12(3)9-14/h5-6,10-12,14,16H,7-9H2,1-4H3. The van der Waals surface area contributed by atoms with Crippen molar-refractivity contribution in [2.24, 2.45) is 0 Å². The van der Waals surface area contributed by atoms with Crippen LogP contribution >= 0.6 is 11.3 Å². The van der Waals surface area contributed by atoms with Crippen molar-refractivity contribution in [3.63, 3.8) is 0 Å². The first-order valence-electron chi connectivity index (χ1n) is 6.99. The fourth-order valence-corrected chi connectivity index (χ4v) is 3.92. The summed E-state index contributed by atoms with van der Waals surface area (Å²) in [4.78, 5) is 2.89. The molecule has 1 aliphatic rings. The zero-order valence-electron chi connectivity index (χ0n) is 11.9. The highest BCUT2D eigenvalue weighted by Crippen LogP contribution is 2.21. The molecule has 1 N–H and O–H groups in total. The molecule has 2 rings (SSSR count). The minimum absolute atomic E-state index is 0.391. The van der Waals surface area contributed by atoms with Crippen LogP contribution in [0, 0.1) is 6.92 Å². The second-order valence-corrected chi connectivity index (χ2v) is 7.08. The van der Waals surface area contributed by atoms with Gasteiger partial charge in [0.2, 0.25) is 0 Å². The Labute approximate surface area is 115 Å². The lowest BCUT2D eigenvalue weighted by atomic mass is 9.98. The van der Waals surface area contributed by atoms with E-state index in [0.29, 0.717) is 24.3 Å². The van der Waals surface area contributed by atoms with Crippen LogP contribution in [-0.4, -0.2) is 24.3 Å². The Morgan fingerprint density at radius 3 is 2.56 bits per heavy atom. The molecule has 0 spiro atoms. The Kier molecular flexibility index (Phi) is 4.82. The second kappa shape index (κ2) is 6.18. The smallest absolute Gasteiger partial charge is 0.0565 e. The molecule has 102 valence electrons. The highest BCUT2D eigenvalue weighted by molar-refractivity contribution is 7.11. The molecule has 1 aliphatic heterocycles. The maximum atomic E-state index is 5.78. The van der Waals surface area contributed by atoms with Crippen molar-refractivity contribution >= 4 is 11.3 Å². The van der Waals surface area contributed by atoms with E-state index in [0.717, 1.165) is 19.3 Å². The van der Waals surface area contributed by atoms with Crippen LogP contribution in [0.15, 0.2) is 12.1 Å². The van der Waals surface area contributed by atoms with Crippen molar-refractivity contribution in [1.82, 2.24) is 5.32 Å². The van der Waals surface area contributed by atoms with Crippen molar-refractivity contribution in [1.29, 1.82) is 0 Å². The molecule has 0 aliphatic carbocycles. The van der Waals surface area contributed by atoms with Crippen LogP contribution in [0.5, 0.6) is 0 Å². The largest absolute Gasteiger partial charge is 0.375 e. The van der Waals surface area contributed by atoms with E-state index in [1.807, 2.05) is 11.3 Å². The number of nitrogens with one attached hydrogen (secondary N) is 1. The van der Waals surface area contributed by atoms with E-state index in [-0.39, 0.29) is 0 Å². The van der Waals surface area contributed by atoms with Crippen LogP contribution in [-0.2, 0) is 11.2 Å². The quantitative estimate of drug-likeness (QED) is 0.901. The minimum atomic E-state index is 0.391. The molecule has 18 heavy (non-hydrogen) atoms. The Morgan fingerprint density at radius 2 is 2.00 bits per heavy atom. The molecule has 0 saturated carbocycles. The van der Waals surface area contributed by atoms with Gasteiger partial charge in [0.05, 0.1) is 12.2 Å². The first kappa shape index (κ1) is 14.0. The topological polar surface area (TPSA) is 21.3 Å². The molecular formula is C15H25NOS. The number of ether oxygens (including phenoxy) is 1. The number of aryl methyl sites for hydroxylation is 1. The van der Waals surface area contributed by atoms with E-state index in [1.54, 1.807) is 0 Å². The van der Waals surface area contributed by atoms with Gasteiger partial charge < -0.3 is 10.1 Å². The Hall–Kier alpha value is -0.380. The van der Waals surface area contributed by atoms with Crippen LogP contribution in [0.1, 0.15) is 43.4 Å². The zero-order valence-corrected chi connectivity index (χ0v) is 12.7. The van der Waals surface area contributed by atoms with Crippen LogP contribution < -0.4 is 5.32 Å². The van der Waals surface area contributed by atoms with Gasteiger partial charge in [0.1, 0.15) is 0 Å². The van der Waals surface area contributed by atoms with E-state index >= 15 is 0 Å². The Balaban J connectivity index is 1.81. The summed E-state index contributed by atoms with van der Waals surface area (Å²) in [5.41, 5.74) is 0. The highest BCUT2D eigenvalue weighted by atomic mass is 32.1. The van der Waals surface area contributed by atoms with Crippen molar-refractivity contribution in [3.8, 4) is 0 Å². The van der Waals surface area contributed by atoms with Crippen LogP contribution in [0.4, 0.5) is 0 Å². The van der Waals surface area contributed by atoms with E-state index in [2.05, 4.69) is 45.1 Å². The fraction of sp³-hybridized carbons (Fsp3) is 0.733. The third-order valence-electron chi connectivity index (χ3n) is 3.52. The molecule has 3 heteroatoms. The lowest BCUT2D eigenvalue weighted by Crippen LogP contribution is -2.45. The monoisotopic (exact) mass is 267 g/mol. The molecular weight excluding hydrogens is 242 g/mol. The van der Waals surface area contributed by atoms with Crippen molar-refractivity contribution in [3.05, 3.63) is 21.9 Å². The van der Waals surface area contributed by atoms with E-state index in [9.17, 15) is 0 Å². The molecule has 0 amide bonds. The predicted molar refractivity (Wildman–Crippen MR) is 78.4 cm³/mol. The van der Waals surface area contributed by atoms with Crippen molar-refractivity contribution < 1.29 is 4.74 Å². The zero-order chi connectivity index (χ0) is 13.1. The number of rotatable bonds is 4. The fourth-order valence-electron chi connectivity index (χ4n) is 2.90. The molecule has 1 aromatic heterocycles. The van der Waals surface area contributed by atoms with Gasteiger partial charge in [-0.3, -0.25) is 0 Å². The lowest BCUT2D eigenvalue weighted by molar-refractivity contribution is -0.0432. The molecule has 1 fully saturated rings. The van der Waals surface area contributed by atoms with Gasteiger partial charge >= 0.3 is 0 Å². The summed E-state index contributed by atoms with van der Waals surface area (Å²) < 4.78 is 5.78. The molecule has 2 nitrogen and oxygen atoms in total. The number of hydrogen-bond acceptors (Lipinski definition) is 3. The SMILES string of the molecule is Cc1ccc(CC(C)NC2CC(C)OC(C)C2)s1. The molecule has 1 aromatic rings. The summed E-state index contributed by atoms with van der Waals surface area (Å²) in [7, 11) is 0. The third-order valence-corrected chi connectivity index (χ3v) is 4.54. The summed E-state index contributed by atoms with van der Waals surface area (Å²) in [5.74, 6) is 0. The van der Waals surface area contributed by atoms with Crippen LogP contribution in [0.25, 0.3) is 0 Å². The van der Waals surface area contributed by atoms with E-state index < -0.39 is 0 Å². The van der Waals surface area contributed by atoms with Gasteiger partial charge in [-0.25, -0.2) is 0 Å². The summed E-state index contributed by atoms with van der Waals surface area (Å²) in [6.45, 7) is 8.82. The van der Waals surface area contributed by atoms with Gasteiger partial charge in [-0.2, -0.15) is 0 Å². The lowest BCUT2D eigenvalue weighted by Gasteiger charge is -2.34. The molecule has 3 unspecified atom stereocenters. The van der Waals surface area contributed by atoms with Gasteiger partial charge in [-0.15, -0.1) is 11.3 Å². The molecule has 0 bridgehead atoms. The average Bonchev–Trinajstić information content (AvgIpc) is 2.61. The summed E-state index contributed by atoms with van der Waals surface area (Å²) in [6, 6.07) is 5.63. The molecule has 0 radical (unpaired) electrons. The molecule has 3 atom stereocenters. The first-order valence-corrected chi connectivity index (χ1v) is 7.81. The second-order valence-electron chi connectivity index (χ2n) is 5.71. The van der Waals surface area contributed by atoms with Gasteiger partial charge in [0, 0.05) is 21.8 Å².